The van der Waals surface area contributed by atoms with Crippen LogP contribution in [0.25, 0.3) is 0 Å². The van der Waals surface area contributed by atoms with Gasteiger partial charge in [0, 0.05) is 15.8 Å². The summed E-state index contributed by atoms with van der Waals surface area (Å²) >= 11 is 5.17. The highest BCUT2D eigenvalue weighted by Gasteiger charge is 2.22. The standard InChI is InChI=1S/C11H18BrNOS/c1-3-13-6-5-11(2,14)8-10-9(12)4-7-15-10/h4,7,13-14H,3,5-6,8H2,1-2H3. The van der Waals surface area contributed by atoms with Gasteiger partial charge in [-0.1, -0.05) is 6.92 Å². The Morgan fingerprint density at radius 3 is 2.87 bits per heavy atom. The molecule has 1 heterocycles. The van der Waals surface area contributed by atoms with Gasteiger partial charge in [-0.25, -0.2) is 0 Å². The largest absolute Gasteiger partial charge is 0.390 e. The molecule has 0 saturated carbocycles. The van der Waals surface area contributed by atoms with Gasteiger partial charge >= 0.3 is 0 Å². The molecule has 0 bridgehead atoms. The number of halogens is 1. The van der Waals surface area contributed by atoms with E-state index in [4.69, 9.17) is 0 Å². The smallest absolute Gasteiger partial charge is 0.0680 e. The van der Waals surface area contributed by atoms with Gasteiger partial charge in [0.05, 0.1) is 5.60 Å². The van der Waals surface area contributed by atoms with Crippen molar-refractivity contribution in [2.24, 2.45) is 0 Å². The van der Waals surface area contributed by atoms with E-state index < -0.39 is 5.60 Å². The molecule has 1 unspecified atom stereocenters. The number of hydrogen-bond acceptors (Lipinski definition) is 3. The second-order valence-corrected chi connectivity index (χ2v) is 5.82. The van der Waals surface area contributed by atoms with Gasteiger partial charge in [0.15, 0.2) is 0 Å². The van der Waals surface area contributed by atoms with Crippen LogP contribution in [0.5, 0.6) is 0 Å². The molecule has 1 aromatic rings. The third kappa shape index (κ3) is 4.64. The molecule has 0 aromatic carbocycles. The summed E-state index contributed by atoms with van der Waals surface area (Å²) in [7, 11) is 0. The molecule has 0 radical (unpaired) electrons. The normalized spacial score (nSPS) is 15.2. The first kappa shape index (κ1) is 13.2. The lowest BCUT2D eigenvalue weighted by molar-refractivity contribution is 0.0523. The molecule has 86 valence electrons. The maximum absolute atomic E-state index is 10.2. The lowest BCUT2D eigenvalue weighted by Crippen LogP contribution is -2.31. The van der Waals surface area contributed by atoms with Crippen molar-refractivity contribution in [2.75, 3.05) is 13.1 Å². The maximum Gasteiger partial charge on any atom is 0.0680 e. The fraction of sp³-hybridized carbons (Fsp3) is 0.636. The van der Waals surface area contributed by atoms with E-state index in [1.807, 2.05) is 18.4 Å². The molecule has 4 heteroatoms. The molecule has 0 fully saturated rings. The number of aliphatic hydroxyl groups is 1. The van der Waals surface area contributed by atoms with Gasteiger partial charge in [-0.3, -0.25) is 0 Å². The minimum atomic E-state index is -0.616. The van der Waals surface area contributed by atoms with E-state index in [2.05, 4.69) is 28.2 Å². The van der Waals surface area contributed by atoms with Gasteiger partial charge in [-0.05, 0) is 53.8 Å². The van der Waals surface area contributed by atoms with Crippen LogP contribution in [-0.2, 0) is 6.42 Å². The molecule has 1 rings (SSSR count). The summed E-state index contributed by atoms with van der Waals surface area (Å²) in [6.07, 6.45) is 1.50. The molecule has 2 N–H and O–H groups in total. The maximum atomic E-state index is 10.2. The lowest BCUT2D eigenvalue weighted by Gasteiger charge is -2.22. The van der Waals surface area contributed by atoms with Gasteiger partial charge in [-0.15, -0.1) is 11.3 Å². The molecule has 0 aliphatic carbocycles. The van der Waals surface area contributed by atoms with Crippen molar-refractivity contribution in [1.29, 1.82) is 0 Å². The van der Waals surface area contributed by atoms with E-state index in [9.17, 15) is 5.11 Å². The Balaban J connectivity index is 2.45. The van der Waals surface area contributed by atoms with Crippen LogP contribution in [0.1, 0.15) is 25.1 Å². The van der Waals surface area contributed by atoms with Crippen LogP contribution in [0.3, 0.4) is 0 Å². The zero-order valence-electron chi connectivity index (χ0n) is 9.22. The van der Waals surface area contributed by atoms with E-state index in [-0.39, 0.29) is 0 Å². The molecule has 0 aliphatic rings. The molecular formula is C11H18BrNOS. The van der Waals surface area contributed by atoms with E-state index >= 15 is 0 Å². The van der Waals surface area contributed by atoms with Gasteiger partial charge in [-0.2, -0.15) is 0 Å². The summed E-state index contributed by atoms with van der Waals surface area (Å²) in [6.45, 7) is 5.80. The Morgan fingerprint density at radius 2 is 2.33 bits per heavy atom. The molecule has 0 aliphatic heterocycles. The van der Waals surface area contributed by atoms with Crippen LogP contribution in [-0.4, -0.2) is 23.8 Å². The molecule has 1 aromatic heterocycles. The van der Waals surface area contributed by atoms with Crippen LogP contribution < -0.4 is 5.32 Å². The van der Waals surface area contributed by atoms with Crippen LogP contribution in [0.15, 0.2) is 15.9 Å². The summed E-state index contributed by atoms with van der Waals surface area (Å²) in [6, 6.07) is 2.03. The first-order valence-electron chi connectivity index (χ1n) is 5.20. The van der Waals surface area contributed by atoms with Crippen LogP contribution in [0.4, 0.5) is 0 Å². The summed E-state index contributed by atoms with van der Waals surface area (Å²) in [5.41, 5.74) is -0.616. The highest BCUT2D eigenvalue weighted by atomic mass is 79.9. The Morgan fingerprint density at radius 1 is 1.60 bits per heavy atom. The molecule has 2 nitrogen and oxygen atoms in total. The predicted octanol–water partition coefficient (Wildman–Crippen LogP) is 2.80. The second-order valence-electron chi connectivity index (χ2n) is 3.97. The summed E-state index contributed by atoms with van der Waals surface area (Å²) in [4.78, 5) is 1.22. The highest BCUT2D eigenvalue weighted by molar-refractivity contribution is 9.10. The average molecular weight is 292 g/mol. The monoisotopic (exact) mass is 291 g/mol. The third-order valence-electron chi connectivity index (χ3n) is 2.32. The SMILES string of the molecule is CCNCCC(C)(O)Cc1sccc1Br. The van der Waals surface area contributed by atoms with Gasteiger partial charge in [0.2, 0.25) is 0 Å². The minimum Gasteiger partial charge on any atom is -0.390 e. The zero-order valence-corrected chi connectivity index (χ0v) is 11.6. The second kappa shape index (κ2) is 5.99. The van der Waals surface area contributed by atoms with Crippen molar-refractivity contribution in [3.8, 4) is 0 Å². The van der Waals surface area contributed by atoms with Gasteiger partial charge < -0.3 is 10.4 Å². The molecule has 15 heavy (non-hydrogen) atoms. The lowest BCUT2D eigenvalue weighted by atomic mass is 9.97. The van der Waals surface area contributed by atoms with Gasteiger partial charge in [0.25, 0.3) is 0 Å². The third-order valence-corrected chi connectivity index (χ3v) is 4.25. The van der Waals surface area contributed by atoms with Crippen LogP contribution in [0.2, 0.25) is 0 Å². The van der Waals surface area contributed by atoms with E-state index in [0.29, 0.717) is 0 Å². The average Bonchev–Trinajstić information content (AvgIpc) is 2.51. The number of hydrogen-bond donors (Lipinski definition) is 2. The molecule has 1 atom stereocenters. The Hall–Kier alpha value is 0.100. The number of nitrogens with one attached hydrogen (secondary N) is 1. The predicted molar refractivity (Wildman–Crippen MR) is 69.5 cm³/mol. The number of rotatable bonds is 6. The summed E-state index contributed by atoms with van der Waals surface area (Å²) in [5, 5.41) is 15.5. The summed E-state index contributed by atoms with van der Waals surface area (Å²) < 4.78 is 1.11. The first-order chi connectivity index (χ1) is 7.05. The zero-order chi connectivity index (χ0) is 11.3. The van der Waals surface area contributed by atoms with E-state index in [0.717, 1.165) is 30.4 Å². The Bertz CT molecular complexity index is 299. The minimum absolute atomic E-state index is 0.616. The molecule has 0 spiro atoms. The van der Waals surface area contributed by atoms with Crippen molar-refractivity contribution >= 4 is 27.3 Å². The Labute approximate surface area is 104 Å². The fourth-order valence-electron chi connectivity index (χ4n) is 1.42. The quantitative estimate of drug-likeness (QED) is 0.790. The van der Waals surface area contributed by atoms with Crippen molar-refractivity contribution in [2.45, 2.75) is 32.3 Å². The van der Waals surface area contributed by atoms with Crippen molar-refractivity contribution in [3.63, 3.8) is 0 Å². The molecule has 0 saturated heterocycles. The Kier molecular flexibility index (Phi) is 5.26. The van der Waals surface area contributed by atoms with Crippen molar-refractivity contribution < 1.29 is 5.11 Å². The van der Waals surface area contributed by atoms with E-state index in [1.54, 1.807) is 11.3 Å². The van der Waals surface area contributed by atoms with Gasteiger partial charge in [0.1, 0.15) is 0 Å². The first-order valence-corrected chi connectivity index (χ1v) is 6.87. The van der Waals surface area contributed by atoms with Crippen LogP contribution in [0, 0.1) is 0 Å². The molecular weight excluding hydrogens is 274 g/mol. The molecule has 0 amide bonds. The highest BCUT2D eigenvalue weighted by Crippen LogP contribution is 2.27. The van der Waals surface area contributed by atoms with Crippen molar-refractivity contribution in [1.82, 2.24) is 5.32 Å². The number of thiophene rings is 1. The fourth-order valence-corrected chi connectivity index (χ4v) is 3.09. The van der Waals surface area contributed by atoms with Crippen LogP contribution >= 0.6 is 27.3 Å². The van der Waals surface area contributed by atoms with Crippen molar-refractivity contribution in [3.05, 3.63) is 20.8 Å². The topological polar surface area (TPSA) is 32.3 Å². The van der Waals surface area contributed by atoms with E-state index in [1.165, 1.54) is 4.88 Å². The summed E-state index contributed by atoms with van der Waals surface area (Å²) in [5.74, 6) is 0.